The first-order chi connectivity index (χ1) is 6.50. The highest BCUT2D eigenvalue weighted by molar-refractivity contribution is 5.73. The second kappa shape index (κ2) is 4.23. The second-order valence-corrected chi connectivity index (χ2v) is 3.60. The predicted octanol–water partition coefficient (Wildman–Crippen LogP) is 0.488. The molecule has 0 spiro atoms. The maximum absolute atomic E-state index is 10.5. The molecule has 4 N–H and O–H groups in total. The van der Waals surface area contributed by atoms with E-state index < -0.39 is 12.0 Å². The highest BCUT2D eigenvalue weighted by Crippen LogP contribution is 2.10. The Morgan fingerprint density at radius 3 is 2.79 bits per heavy atom. The Bertz CT molecular complexity index is 320. The van der Waals surface area contributed by atoms with Gasteiger partial charge < -0.3 is 15.8 Å². The van der Waals surface area contributed by atoms with E-state index >= 15 is 0 Å². The Labute approximate surface area is 82.3 Å². The van der Waals surface area contributed by atoms with Crippen LogP contribution in [0.4, 0.5) is 0 Å². The number of imidazole rings is 1. The summed E-state index contributed by atoms with van der Waals surface area (Å²) in [6.45, 7) is 4.03. The maximum atomic E-state index is 10.5. The number of hydrogen-bond acceptors (Lipinski definition) is 3. The summed E-state index contributed by atoms with van der Waals surface area (Å²) in [5.41, 5.74) is 6.15. The summed E-state index contributed by atoms with van der Waals surface area (Å²) >= 11 is 0. The van der Waals surface area contributed by atoms with Gasteiger partial charge in [-0.15, -0.1) is 0 Å². The normalized spacial score (nSPS) is 13.1. The molecule has 5 nitrogen and oxygen atoms in total. The lowest BCUT2D eigenvalue weighted by Gasteiger charge is -2.03. The van der Waals surface area contributed by atoms with Crippen molar-refractivity contribution in [2.75, 3.05) is 0 Å². The van der Waals surface area contributed by atoms with Crippen LogP contribution in [0, 0.1) is 0 Å². The van der Waals surface area contributed by atoms with Crippen LogP contribution >= 0.6 is 0 Å². The van der Waals surface area contributed by atoms with Crippen molar-refractivity contribution >= 4 is 5.97 Å². The van der Waals surface area contributed by atoms with E-state index in [-0.39, 0.29) is 6.42 Å². The van der Waals surface area contributed by atoms with Gasteiger partial charge in [0.25, 0.3) is 0 Å². The minimum atomic E-state index is -0.995. The molecule has 0 saturated carbocycles. The van der Waals surface area contributed by atoms with Crippen molar-refractivity contribution in [1.29, 1.82) is 0 Å². The van der Waals surface area contributed by atoms with Crippen molar-refractivity contribution in [3.05, 3.63) is 17.7 Å². The molecule has 0 radical (unpaired) electrons. The van der Waals surface area contributed by atoms with Crippen molar-refractivity contribution in [3.63, 3.8) is 0 Å². The number of nitrogens with zero attached hydrogens (tertiary/aromatic N) is 1. The second-order valence-electron chi connectivity index (χ2n) is 3.60. The van der Waals surface area contributed by atoms with Gasteiger partial charge in [-0.2, -0.15) is 0 Å². The first-order valence-electron chi connectivity index (χ1n) is 4.53. The molecule has 1 rings (SSSR count). The highest BCUT2D eigenvalue weighted by atomic mass is 16.4. The van der Waals surface area contributed by atoms with E-state index in [1.165, 1.54) is 0 Å². The minimum absolute atomic E-state index is 0.287. The zero-order chi connectivity index (χ0) is 10.7. The Morgan fingerprint density at radius 1 is 1.71 bits per heavy atom. The van der Waals surface area contributed by atoms with Crippen LogP contribution in [-0.4, -0.2) is 27.1 Å². The molecule has 0 amide bonds. The van der Waals surface area contributed by atoms with Crippen LogP contribution in [0.15, 0.2) is 6.20 Å². The fourth-order valence-corrected chi connectivity index (χ4v) is 1.10. The average molecular weight is 197 g/mol. The van der Waals surface area contributed by atoms with Crippen LogP contribution in [0.5, 0.6) is 0 Å². The van der Waals surface area contributed by atoms with E-state index in [0.717, 1.165) is 11.5 Å². The Kier molecular flexibility index (Phi) is 3.24. The average Bonchev–Trinajstić information content (AvgIpc) is 2.52. The lowest BCUT2D eigenvalue weighted by molar-refractivity contribution is -0.138. The van der Waals surface area contributed by atoms with Gasteiger partial charge in [-0.05, 0) is 0 Å². The van der Waals surface area contributed by atoms with E-state index in [1.807, 2.05) is 13.8 Å². The fourth-order valence-electron chi connectivity index (χ4n) is 1.10. The number of rotatable bonds is 4. The van der Waals surface area contributed by atoms with Gasteiger partial charge in [-0.1, -0.05) is 13.8 Å². The SMILES string of the molecule is CC(C)c1ncc(C[C@H](N)C(=O)O)[nH]1. The third kappa shape index (κ3) is 2.56. The molecule has 1 aromatic rings. The van der Waals surface area contributed by atoms with Crippen LogP contribution in [0.2, 0.25) is 0 Å². The molecule has 1 heterocycles. The molecule has 0 aliphatic carbocycles. The molecular formula is C9H15N3O2. The van der Waals surface area contributed by atoms with Gasteiger partial charge in [0.05, 0.1) is 0 Å². The molecule has 0 unspecified atom stereocenters. The summed E-state index contributed by atoms with van der Waals surface area (Å²) in [4.78, 5) is 17.7. The van der Waals surface area contributed by atoms with Gasteiger partial charge in [-0.3, -0.25) is 4.79 Å². The molecular weight excluding hydrogens is 182 g/mol. The van der Waals surface area contributed by atoms with Crippen molar-refractivity contribution < 1.29 is 9.90 Å². The zero-order valence-electron chi connectivity index (χ0n) is 8.32. The van der Waals surface area contributed by atoms with E-state index in [4.69, 9.17) is 10.8 Å². The van der Waals surface area contributed by atoms with Gasteiger partial charge in [-0.25, -0.2) is 4.98 Å². The van der Waals surface area contributed by atoms with Gasteiger partial charge in [0.2, 0.25) is 0 Å². The summed E-state index contributed by atoms with van der Waals surface area (Å²) in [5.74, 6) is 0.174. The summed E-state index contributed by atoms with van der Waals surface area (Å²) < 4.78 is 0. The fraction of sp³-hybridized carbons (Fsp3) is 0.556. The summed E-state index contributed by atoms with van der Waals surface area (Å²) in [7, 11) is 0. The molecule has 0 aromatic carbocycles. The number of aromatic amines is 1. The minimum Gasteiger partial charge on any atom is -0.480 e. The van der Waals surface area contributed by atoms with Crippen LogP contribution in [0.25, 0.3) is 0 Å². The molecule has 0 aliphatic heterocycles. The van der Waals surface area contributed by atoms with Gasteiger partial charge in [0, 0.05) is 24.2 Å². The highest BCUT2D eigenvalue weighted by Gasteiger charge is 2.14. The molecule has 78 valence electrons. The number of nitrogens with two attached hydrogens (primary N) is 1. The van der Waals surface area contributed by atoms with Gasteiger partial charge in [0.15, 0.2) is 0 Å². The van der Waals surface area contributed by atoms with E-state index in [1.54, 1.807) is 6.20 Å². The first-order valence-corrected chi connectivity index (χ1v) is 4.53. The molecule has 0 bridgehead atoms. The van der Waals surface area contributed by atoms with E-state index in [2.05, 4.69) is 9.97 Å². The monoisotopic (exact) mass is 197 g/mol. The number of aromatic nitrogens is 2. The molecule has 5 heteroatoms. The summed E-state index contributed by atoms with van der Waals surface area (Å²) in [6.07, 6.45) is 1.92. The van der Waals surface area contributed by atoms with Crippen molar-refractivity contribution in [2.24, 2.45) is 5.73 Å². The molecule has 0 saturated heterocycles. The summed E-state index contributed by atoms with van der Waals surface area (Å²) in [6, 6.07) is -0.865. The predicted molar refractivity (Wildman–Crippen MR) is 52.0 cm³/mol. The Morgan fingerprint density at radius 2 is 2.36 bits per heavy atom. The number of H-pyrrole nitrogens is 1. The maximum Gasteiger partial charge on any atom is 0.320 e. The Balaban J connectivity index is 2.64. The lowest BCUT2D eigenvalue weighted by atomic mass is 10.2. The van der Waals surface area contributed by atoms with Gasteiger partial charge in [0.1, 0.15) is 11.9 Å². The molecule has 1 aromatic heterocycles. The lowest BCUT2D eigenvalue weighted by Crippen LogP contribution is -2.32. The van der Waals surface area contributed by atoms with Crippen LogP contribution in [0.3, 0.4) is 0 Å². The molecule has 14 heavy (non-hydrogen) atoms. The number of hydrogen-bond donors (Lipinski definition) is 3. The van der Waals surface area contributed by atoms with Gasteiger partial charge >= 0.3 is 5.97 Å². The van der Waals surface area contributed by atoms with Crippen molar-refractivity contribution in [1.82, 2.24) is 9.97 Å². The first kappa shape index (κ1) is 10.7. The number of carboxylic acid groups (broad SMARTS) is 1. The number of carboxylic acids is 1. The van der Waals surface area contributed by atoms with Crippen LogP contribution < -0.4 is 5.73 Å². The van der Waals surface area contributed by atoms with E-state index in [0.29, 0.717) is 5.92 Å². The van der Waals surface area contributed by atoms with Crippen molar-refractivity contribution in [3.8, 4) is 0 Å². The van der Waals surface area contributed by atoms with E-state index in [9.17, 15) is 4.79 Å². The molecule has 0 aliphatic rings. The standard InChI is InChI=1S/C9H15N3O2/c1-5(2)8-11-4-6(12-8)3-7(10)9(13)14/h4-5,7H,3,10H2,1-2H3,(H,11,12)(H,13,14)/t7-/m0/s1. The summed E-state index contributed by atoms with van der Waals surface area (Å²) in [5, 5.41) is 8.60. The third-order valence-corrected chi connectivity index (χ3v) is 1.95. The Hall–Kier alpha value is -1.36. The smallest absolute Gasteiger partial charge is 0.320 e. The van der Waals surface area contributed by atoms with Crippen LogP contribution in [-0.2, 0) is 11.2 Å². The number of aliphatic carboxylic acids is 1. The zero-order valence-corrected chi connectivity index (χ0v) is 8.32. The molecule has 0 fully saturated rings. The molecule has 1 atom stereocenters. The quantitative estimate of drug-likeness (QED) is 0.655. The topological polar surface area (TPSA) is 92.0 Å². The number of nitrogens with one attached hydrogen (secondary N) is 1. The van der Waals surface area contributed by atoms with Crippen molar-refractivity contribution in [2.45, 2.75) is 32.2 Å². The van der Waals surface area contributed by atoms with Crippen LogP contribution in [0.1, 0.15) is 31.3 Å². The third-order valence-electron chi connectivity index (χ3n) is 1.95. The largest absolute Gasteiger partial charge is 0.480 e. The number of carbonyl (C=O) groups is 1.